The predicted octanol–water partition coefficient (Wildman–Crippen LogP) is 6.04. The van der Waals surface area contributed by atoms with Gasteiger partial charge in [-0.2, -0.15) is 4.98 Å². The SMILES string of the molecule is CCc1nc(=O)n(C(CC(C)C)C(=O)NC(CC(=O)O)c2cc(-c3c(C)cccc3C)cc(C)c2F)cc1CCN1CC(C)(F)C1. The van der Waals surface area contributed by atoms with Gasteiger partial charge in [-0.15, -0.1) is 0 Å². The Balaban J connectivity index is 1.71. The number of halogens is 2. The van der Waals surface area contributed by atoms with E-state index in [2.05, 4.69) is 10.3 Å². The Morgan fingerprint density at radius 3 is 2.33 bits per heavy atom. The van der Waals surface area contributed by atoms with Crippen LogP contribution in [0.1, 0.15) is 86.1 Å². The zero-order valence-corrected chi connectivity index (χ0v) is 27.9. The van der Waals surface area contributed by atoms with E-state index in [4.69, 9.17) is 0 Å². The zero-order valence-electron chi connectivity index (χ0n) is 27.9. The minimum Gasteiger partial charge on any atom is -0.481 e. The van der Waals surface area contributed by atoms with Gasteiger partial charge < -0.3 is 10.4 Å². The molecule has 46 heavy (non-hydrogen) atoms. The number of nitrogens with one attached hydrogen (secondary N) is 1. The van der Waals surface area contributed by atoms with E-state index in [0.29, 0.717) is 43.7 Å². The van der Waals surface area contributed by atoms with Gasteiger partial charge in [0.2, 0.25) is 5.91 Å². The number of aliphatic carboxylic acids is 1. The fourth-order valence-corrected chi connectivity index (χ4v) is 6.54. The van der Waals surface area contributed by atoms with Gasteiger partial charge in [0.1, 0.15) is 17.5 Å². The molecule has 248 valence electrons. The molecule has 1 fully saturated rings. The highest BCUT2D eigenvalue weighted by Gasteiger charge is 2.38. The first-order valence-corrected chi connectivity index (χ1v) is 16.0. The maximum atomic E-state index is 15.8. The fourth-order valence-electron chi connectivity index (χ4n) is 6.54. The van der Waals surface area contributed by atoms with Gasteiger partial charge in [-0.1, -0.05) is 39.0 Å². The highest BCUT2D eigenvalue weighted by atomic mass is 19.1. The molecule has 0 aliphatic carbocycles. The number of aryl methyl sites for hydroxylation is 4. The number of aromatic nitrogens is 2. The maximum absolute atomic E-state index is 15.8. The third-order valence-corrected chi connectivity index (χ3v) is 8.71. The lowest BCUT2D eigenvalue weighted by Gasteiger charge is -2.42. The molecule has 0 bridgehead atoms. The number of hydrogen-bond acceptors (Lipinski definition) is 5. The molecule has 1 amide bonds. The van der Waals surface area contributed by atoms with Crippen molar-refractivity contribution in [2.45, 2.75) is 91.9 Å². The van der Waals surface area contributed by atoms with Crippen LogP contribution in [0.15, 0.2) is 41.3 Å². The fraction of sp³-hybridized carbons (Fsp3) is 0.500. The summed E-state index contributed by atoms with van der Waals surface area (Å²) in [6, 6.07) is 6.99. The van der Waals surface area contributed by atoms with Crippen LogP contribution in [0.5, 0.6) is 0 Å². The lowest BCUT2D eigenvalue weighted by molar-refractivity contribution is -0.138. The van der Waals surface area contributed by atoms with E-state index >= 15 is 4.39 Å². The van der Waals surface area contributed by atoms with Crippen molar-refractivity contribution in [1.29, 1.82) is 0 Å². The molecule has 0 radical (unpaired) electrons. The average Bonchev–Trinajstić information content (AvgIpc) is 2.94. The van der Waals surface area contributed by atoms with Crippen molar-refractivity contribution in [3.05, 3.63) is 86.3 Å². The molecule has 2 unspecified atom stereocenters. The number of carbonyl (C=O) groups excluding carboxylic acids is 1. The summed E-state index contributed by atoms with van der Waals surface area (Å²) in [6.45, 7) is 14.1. The van der Waals surface area contributed by atoms with E-state index < -0.39 is 47.6 Å². The summed E-state index contributed by atoms with van der Waals surface area (Å²) in [5.41, 5.74) is 3.64. The highest BCUT2D eigenvalue weighted by Crippen LogP contribution is 2.34. The third-order valence-electron chi connectivity index (χ3n) is 8.71. The van der Waals surface area contributed by atoms with E-state index in [1.807, 2.05) is 57.7 Å². The topological polar surface area (TPSA) is 105 Å². The van der Waals surface area contributed by atoms with Gasteiger partial charge in [0.15, 0.2) is 0 Å². The number of benzene rings is 2. The van der Waals surface area contributed by atoms with Crippen LogP contribution in [0, 0.1) is 32.5 Å². The Hall–Kier alpha value is -3.92. The van der Waals surface area contributed by atoms with Crippen molar-refractivity contribution in [2.75, 3.05) is 19.6 Å². The van der Waals surface area contributed by atoms with Gasteiger partial charge in [0.05, 0.1) is 18.2 Å². The summed E-state index contributed by atoms with van der Waals surface area (Å²) in [7, 11) is 0. The van der Waals surface area contributed by atoms with Gasteiger partial charge in [-0.3, -0.25) is 19.1 Å². The zero-order chi connectivity index (χ0) is 33.9. The van der Waals surface area contributed by atoms with Gasteiger partial charge in [0, 0.05) is 31.4 Å². The van der Waals surface area contributed by atoms with Crippen LogP contribution in [0.25, 0.3) is 11.1 Å². The number of rotatable bonds is 13. The number of nitrogens with zero attached hydrogens (tertiary/aromatic N) is 3. The molecule has 4 rings (SSSR count). The normalized spacial score (nSPS) is 15.8. The predicted molar refractivity (Wildman–Crippen MR) is 175 cm³/mol. The van der Waals surface area contributed by atoms with E-state index in [1.165, 1.54) is 4.57 Å². The van der Waals surface area contributed by atoms with E-state index in [-0.39, 0.29) is 17.9 Å². The molecular formula is C36H46F2N4O4. The summed E-state index contributed by atoms with van der Waals surface area (Å²) in [5, 5.41) is 12.6. The Bertz CT molecular complexity index is 1640. The standard InChI is InChI=1S/C36H46F2N4O4/c1-8-28-25(12-13-41-19-36(7,38)20-41)18-42(35(46)40-28)30(14-21(2)3)34(45)39-29(17-31(43)44)27-16-26(15-24(6)33(27)37)32-22(4)10-9-11-23(32)5/h9-11,15-16,18,21,29-30H,8,12-14,17,19-20H2,1-7H3,(H,39,45)(H,43,44). The van der Waals surface area contributed by atoms with E-state index in [1.54, 1.807) is 32.2 Å². The van der Waals surface area contributed by atoms with Gasteiger partial charge in [-0.25, -0.2) is 13.6 Å². The summed E-state index contributed by atoms with van der Waals surface area (Å²) < 4.78 is 31.1. The largest absolute Gasteiger partial charge is 0.481 e. The first kappa shape index (κ1) is 34.9. The first-order chi connectivity index (χ1) is 21.6. The molecule has 2 heterocycles. The average molecular weight is 637 g/mol. The van der Waals surface area contributed by atoms with Gasteiger partial charge in [-0.05, 0) is 98.4 Å². The number of alkyl halides is 1. The summed E-state index contributed by atoms with van der Waals surface area (Å²) in [6.07, 6.45) is 2.43. The second-order valence-electron chi connectivity index (χ2n) is 13.4. The first-order valence-electron chi connectivity index (χ1n) is 16.0. The third kappa shape index (κ3) is 8.07. The van der Waals surface area contributed by atoms with Crippen LogP contribution >= 0.6 is 0 Å². The Morgan fingerprint density at radius 1 is 1.11 bits per heavy atom. The Labute approximate surface area is 269 Å². The summed E-state index contributed by atoms with van der Waals surface area (Å²) in [5.74, 6) is -2.40. The van der Waals surface area contributed by atoms with Crippen molar-refractivity contribution < 1.29 is 23.5 Å². The number of amides is 1. The van der Waals surface area contributed by atoms with Crippen molar-refractivity contribution in [2.24, 2.45) is 5.92 Å². The number of carboxylic acids is 1. The van der Waals surface area contributed by atoms with Crippen molar-refractivity contribution in [3.8, 4) is 11.1 Å². The van der Waals surface area contributed by atoms with Crippen LogP contribution < -0.4 is 11.0 Å². The second kappa shape index (κ2) is 14.2. The minimum absolute atomic E-state index is 0.00969. The molecule has 1 aromatic heterocycles. The summed E-state index contributed by atoms with van der Waals surface area (Å²) >= 11 is 0. The molecule has 0 saturated carbocycles. The van der Waals surface area contributed by atoms with E-state index in [9.17, 15) is 23.9 Å². The quantitative estimate of drug-likeness (QED) is 0.237. The smallest absolute Gasteiger partial charge is 0.348 e. The molecule has 2 N–H and O–H groups in total. The van der Waals surface area contributed by atoms with Gasteiger partial charge >= 0.3 is 11.7 Å². The number of hydrogen-bond donors (Lipinski definition) is 2. The molecule has 2 atom stereocenters. The van der Waals surface area contributed by atoms with Crippen LogP contribution in [0.2, 0.25) is 0 Å². The van der Waals surface area contributed by atoms with Crippen LogP contribution in [0.4, 0.5) is 8.78 Å². The minimum atomic E-state index is -1.20. The Kier molecular flexibility index (Phi) is 10.8. The number of likely N-dealkylation sites (tertiary alicyclic amines) is 1. The Morgan fingerprint density at radius 2 is 1.76 bits per heavy atom. The second-order valence-corrected chi connectivity index (χ2v) is 13.4. The summed E-state index contributed by atoms with van der Waals surface area (Å²) in [4.78, 5) is 45.7. The number of carboxylic acid groups (broad SMARTS) is 1. The van der Waals surface area contributed by atoms with Crippen molar-refractivity contribution in [3.63, 3.8) is 0 Å². The van der Waals surface area contributed by atoms with Crippen LogP contribution in [-0.2, 0) is 22.4 Å². The molecular weight excluding hydrogens is 590 g/mol. The molecule has 1 aliphatic heterocycles. The molecule has 10 heteroatoms. The molecule has 8 nitrogen and oxygen atoms in total. The van der Waals surface area contributed by atoms with Crippen LogP contribution in [-0.4, -0.2) is 56.7 Å². The molecule has 1 saturated heterocycles. The molecule has 2 aromatic carbocycles. The molecule has 0 spiro atoms. The van der Waals surface area contributed by atoms with Crippen molar-refractivity contribution in [1.82, 2.24) is 19.8 Å². The number of carbonyl (C=O) groups is 2. The highest BCUT2D eigenvalue weighted by molar-refractivity contribution is 5.82. The monoisotopic (exact) mass is 636 g/mol. The molecule has 3 aromatic rings. The lowest BCUT2D eigenvalue weighted by Crippen LogP contribution is -2.57. The lowest BCUT2D eigenvalue weighted by atomic mass is 9.90. The van der Waals surface area contributed by atoms with Crippen molar-refractivity contribution >= 4 is 11.9 Å². The molecule has 1 aliphatic rings. The maximum Gasteiger partial charge on any atom is 0.348 e. The van der Waals surface area contributed by atoms with Crippen LogP contribution in [0.3, 0.4) is 0 Å². The van der Waals surface area contributed by atoms with Gasteiger partial charge in [0.25, 0.3) is 0 Å². The van der Waals surface area contributed by atoms with E-state index in [0.717, 1.165) is 27.8 Å².